The normalized spacial score (nSPS) is 29.6. The minimum absolute atomic E-state index is 0. The Balaban J connectivity index is 0.000000360. The van der Waals surface area contributed by atoms with Crippen LogP contribution in [0.3, 0.4) is 0 Å². The molecule has 1 nitrogen and oxygen atoms in total. The molecule has 1 aliphatic heterocycles. The van der Waals surface area contributed by atoms with Crippen molar-refractivity contribution < 1.29 is 4.39 Å². The average molecular weight is 126 g/mol. The molecule has 1 rings (SSSR count). The van der Waals surface area contributed by atoms with E-state index < -0.39 is 6.30 Å². The fourth-order valence-electron chi connectivity index (χ4n) is 0.642. The highest BCUT2D eigenvalue weighted by atomic mass is 35.5. The molecule has 1 unspecified atom stereocenters. The molecule has 1 atom stereocenters. The van der Waals surface area contributed by atoms with Crippen LogP contribution in [0.25, 0.3) is 0 Å². The second kappa shape index (κ2) is 3.22. The molecule has 1 fully saturated rings. The van der Waals surface area contributed by atoms with Gasteiger partial charge in [-0.2, -0.15) is 0 Å². The van der Waals surface area contributed by atoms with Gasteiger partial charge < -0.3 is 0 Å². The quantitative estimate of drug-likeness (QED) is 0.478. The van der Waals surface area contributed by atoms with Crippen molar-refractivity contribution >= 4 is 12.4 Å². The molecular weight excluding hydrogens is 117 g/mol. The van der Waals surface area contributed by atoms with Gasteiger partial charge in [0.1, 0.15) is 0 Å². The van der Waals surface area contributed by atoms with E-state index in [0.717, 1.165) is 13.0 Å². The van der Waals surface area contributed by atoms with Crippen LogP contribution in [0.4, 0.5) is 4.39 Å². The third-order valence-corrected chi connectivity index (χ3v) is 1.00. The van der Waals surface area contributed by atoms with Gasteiger partial charge in [0, 0.05) is 0 Å². The Kier molecular flexibility index (Phi) is 3.30. The Hall–Kier alpha value is 0.180. The summed E-state index contributed by atoms with van der Waals surface area (Å²) in [4.78, 5) is 0. The maximum absolute atomic E-state index is 11.8. The van der Waals surface area contributed by atoms with E-state index in [1.165, 1.54) is 0 Å². The van der Waals surface area contributed by atoms with Gasteiger partial charge in [0.25, 0.3) is 0 Å². The van der Waals surface area contributed by atoms with Gasteiger partial charge in [-0.15, -0.1) is 12.4 Å². The third-order valence-electron chi connectivity index (χ3n) is 1.00. The molecule has 7 heavy (non-hydrogen) atoms. The molecule has 0 amide bonds. The van der Waals surface area contributed by atoms with Crippen LogP contribution in [0.15, 0.2) is 0 Å². The molecule has 0 radical (unpaired) electrons. The van der Waals surface area contributed by atoms with Crippen molar-refractivity contribution in [2.24, 2.45) is 0 Å². The van der Waals surface area contributed by atoms with Gasteiger partial charge in [-0.3, -0.25) is 5.32 Å². The van der Waals surface area contributed by atoms with Crippen molar-refractivity contribution in [1.29, 1.82) is 0 Å². The lowest BCUT2D eigenvalue weighted by atomic mass is 10.4. The summed E-state index contributed by atoms with van der Waals surface area (Å²) < 4.78 is 11.8. The van der Waals surface area contributed by atoms with E-state index in [2.05, 4.69) is 5.32 Å². The molecule has 0 bridgehead atoms. The number of hydrogen-bond acceptors (Lipinski definition) is 1. The van der Waals surface area contributed by atoms with Crippen molar-refractivity contribution in [3.05, 3.63) is 0 Å². The summed E-state index contributed by atoms with van der Waals surface area (Å²) in [5.74, 6) is 0. The maximum atomic E-state index is 11.8. The Bertz CT molecular complexity index is 45.0. The first kappa shape index (κ1) is 7.18. The van der Waals surface area contributed by atoms with E-state index in [1.807, 2.05) is 0 Å². The van der Waals surface area contributed by atoms with E-state index in [0.29, 0.717) is 6.42 Å². The zero-order valence-corrected chi connectivity index (χ0v) is 4.80. The average Bonchev–Trinajstić information content (AvgIpc) is 1.86. The van der Waals surface area contributed by atoms with Gasteiger partial charge in [0.05, 0.1) is 0 Å². The molecule has 0 spiro atoms. The highest BCUT2D eigenvalue weighted by Gasteiger charge is 2.09. The van der Waals surface area contributed by atoms with Gasteiger partial charge in [-0.1, -0.05) is 0 Å². The molecule has 44 valence electrons. The van der Waals surface area contributed by atoms with Crippen LogP contribution < -0.4 is 5.32 Å². The Morgan fingerprint density at radius 1 is 1.57 bits per heavy atom. The van der Waals surface area contributed by atoms with Crippen LogP contribution in [-0.4, -0.2) is 12.8 Å². The van der Waals surface area contributed by atoms with Crippen molar-refractivity contribution in [1.82, 2.24) is 5.32 Å². The van der Waals surface area contributed by atoms with E-state index in [9.17, 15) is 4.39 Å². The molecule has 0 aromatic heterocycles. The molecule has 1 aliphatic rings. The third kappa shape index (κ3) is 2.09. The summed E-state index contributed by atoms with van der Waals surface area (Å²) >= 11 is 0. The van der Waals surface area contributed by atoms with Crippen molar-refractivity contribution in [3.63, 3.8) is 0 Å². The Morgan fingerprint density at radius 3 is 2.43 bits per heavy atom. The van der Waals surface area contributed by atoms with Gasteiger partial charge >= 0.3 is 0 Å². The molecule has 1 saturated heterocycles. The van der Waals surface area contributed by atoms with Crippen LogP contribution in [0.2, 0.25) is 0 Å². The van der Waals surface area contributed by atoms with Crippen LogP contribution in [0, 0.1) is 0 Å². The number of halogens is 2. The second-order valence-electron chi connectivity index (χ2n) is 1.56. The predicted octanol–water partition coefficient (Wildman–Crippen LogP) is 1.09. The summed E-state index contributed by atoms with van der Waals surface area (Å²) in [6.07, 6.45) is 1.01. The topological polar surface area (TPSA) is 12.0 Å². The van der Waals surface area contributed by atoms with E-state index in [-0.39, 0.29) is 12.4 Å². The van der Waals surface area contributed by atoms with E-state index >= 15 is 0 Å². The lowest BCUT2D eigenvalue weighted by Crippen LogP contribution is -2.14. The minimum atomic E-state index is -0.704. The molecule has 3 heteroatoms. The summed E-state index contributed by atoms with van der Waals surface area (Å²) in [7, 11) is 0. The van der Waals surface area contributed by atoms with Crippen LogP contribution >= 0.6 is 12.4 Å². The van der Waals surface area contributed by atoms with Crippen LogP contribution in [0.5, 0.6) is 0 Å². The SMILES string of the molecule is Cl.FC1CCCN1. The first-order chi connectivity index (χ1) is 2.89. The Labute approximate surface area is 48.7 Å². The van der Waals surface area contributed by atoms with Gasteiger partial charge in [-0.05, 0) is 19.4 Å². The number of rotatable bonds is 0. The number of alkyl halides is 1. The lowest BCUT2D eigenvalue weighted by Gasteiger charge is -1.90. The maximum Gasteiger partial charge on any atom is 0.151 e. The summed E-state index contributed by atoms with van der Waals surface area (Å²) in [5, 5.41) is 2.65. The van der Waals surface area contributed by atoms with Gasteiger partial charge in [-0.25, -0.2) is 4.39 Å². The highest BCUT2D eigenvalue weighted by molar-refractivity contribution is 5.85. The van der Waals surface area contributed by atoms with E-state index in [1.54, 1.807) is 0 Å². The number of hydrogen-bond donors (Lipinski definition) is 1. The van der Waals surface area contributed by atoms with Crippen molar-refractivity contribution in [2.75, 3.05) is 6.54 Å². The van der Waals surface area contributed by atoms with Crippen LogP contribution in [0.1, 0.15) is 12.8 Å². The zero-order chi connectivity index (χ0) is 4.41. The largest absolute Gasteiger partial charge is 0.288 e. The molecule has 0 aliphatic carbocycles. The van der Waals surface area contributed by atoms with Crippen molar-refractivity contribution in [2.45, 2.75) is 19.1 Å². The standard InChI is InChI=1S/C4H8FN.ClH/c5-4-2-1-3-6-4;/h4,6H,1-3H2;1H. The first-order valence-corrected chi connectivity index (χ1v) is 2.27. The van der Waals surface area contributed by atoms with Crippen LogP contribution in [-0.2, 0) is 0 Å². The summed E-state index contributed by atoms with van der Waals surface area (Å²) in [6.45, 7) is 0.862. The fourth-order valence-corrected chi connectivity index (χ4v) is 0.642. The zero-order valence-electron chi connectivity index (χ0n) is 3.98. The second-order valence-corrected chi connectivity index (χ2v) is 1.56. The number of nitrogens with one attached hydrogen (secondary N) is 1. The first-order valence-electron chi connectivity index (χ1n) is 2.27. The highest BCUT2D eigenvalue weighted by Crippen LogP contribution is 2.03. The van der Waals surface area contributed by atoms with Gasteiger partial charge in [0.2, 0.25) is 0 Å². The van der Waals surface area contributed by atoms with E-state index in [4.69, 9.17) is 0 Å². The summed E-state index contributed by atoms with van der Waals surface area (Å²) in [5.41, 5.74) is 0. The molecular formula is C4H9ClFN. The minimum Gasteiger partial charge on any atom is -0.288 e. The molecule has 1 N–H and O–H groups in total. The smallest absolute Gasteiger partial charge is 0.151 e. The predicted molar refractivity (Wildman–Crippen MR) is 29.4 cm³/mol. The fraction of sp³-hybridized carbons (Fsp3) is 1.00. The monoisotopic (exact) mass is 125 g/mol. The Morgan fingerprint density at radius 2 is 2.29 bits per heavy atom. The summed E-state index contributed by atoms with van der Waals surface area (Å²) in [6, 6.07) is 0. The van der Waals surface area contributed by atoms with Crippen molar-refractivity contribution in [3.8, 4) is 0 Å². The lowest BCUT2D eigenvalue weighted by molar-refractivity contribution is 0.311. The molecule has 0 saturated carbocycles. The molecule has 0 aromatic carbocycles. The molecule has 1 heterocycles. The molecule has 0 aromatic rings. The van der Waals surface area contributed by atoms with Gasteiger partial charge in [0.15, 0.2) is 6.30 Å².